The van der Waals surface area contributed by atoms with Crippen LogP contribution in [0.5, 0.6) is 11.5 Å². The molecule has 0 spiro atoms. The second-order valence-electron chi connectivity index (χ2n) is 3.72. The van der Waals surface area contributed by atoms with Gasteiger partial charge in [-0.2, -0.15) is 0 Å². The molecule has 0 unspecified atom stereocenters. The predicted octanol–water partition coefficient (Wildman–Crippen LogP) is 1.87. The number of phenols is 1. The third kappa shape index (κ3) is 4.37. The van der Waals surface area contributed by atoms with Gasteiger partial charge in [-0.05, 0) is 31.0 Å². The number of phenolic OH excluding ortho intramolecular Hbond substituents is 1. The topological polar surface area (TPSA) is 80.7 Å². The lowest BCUT2D eigenvalue weighted by Gasteiger charge is -2.05. The summed E-state index contributed by atoms with van der Waals surface area (Å²) < 4.78 is 4.99. The molecule has 18 heavy (non-hydrogen) atoms. The lowest BCUT2D eigenvalue weighted by atomic mass is 10.2. The number of hydrogen-bond donors (Lipinski definition) is 1. The Morgan fingerprint density at radius 1 is 1.28 bits per heavy atom. The Hall–Kier alpha value is -2.17. The van der Waals surface area contributed by atoms with Crippen LogP contribution in [0.25, 0.3) is 0 Å². The van der Waals surface area contributed by atoms with Crippen LogP contribution in [0.3, 0.4) is 0 Å². The molecule has 0 saturated heterocycles. The monoisotopic (exact) mass is 250 g/mol. The zero-order valence-electron chi connectivity index (χ0n) is 9.80. The SMILES string of the molecule is O=CCCCCC(=O)Oc1ccc(O)c(C=O)c1. The van der Waals surface area contributed by atoms with E-state index in [9.17, 15) is 19.5 Å². The van der Waals surface area contributed by atoms with Crippen molar-refractivity contribution in [2.24, 2.45) is 0 Å². The van der Waals surface area contributed by atoms with Gasteiger partial charge < -0.3 is 14.6 Å². The Balaban J connectivity index is 2.49. The van der Waals surface area contributed by atoms with Gasteiger partial charge in [-0.15, -0.1) is 0 Å². The van der Waals surface area contributed by atoms with Crippen molar-refractivity contribution in [3.05, 3.63) is 23.8 Å². The van der Waals surface area contributed by atoms with Crippen LogP contribution in [0.15, 0.2) is 18.2 Å². The molecule has 0 aliphatic carbocycles. The van der Waals surface area contributed by atoms with Gasteiger partial charge in [-0.1, -0.05) is 0 Å². The molecule has 0 heterocycles. The maximum absolute atomic E-state index is 11.4. The number of benzene rings is 1. The van der Waals surface area contributed by atoms with Gasteiger partial charge in [0.25, 0.3) is 0 Å². The first-order valence-electron chi connectivity index (χ1n) is 5.60. The quantitative estimate of drug-likeness (QED) is 0.346. The van der Waals surface area contributed by atoms with E-state index < -0.39 is 5.97 Å². The second kappa shape index (κ2) is 7.21. The molecule has 5 heteroatoms. The van der Waals surface area contributed by atoms with Crippen molar-refractivity contribution in [1.82, 2.24) is 0 Å². The number of esters is 1. The van der Waals surface area contributed by atoms with Crippen molar-refractivity contribution < 1.29 is 24.2 Å². The highest BCUT2D eigenvalue weighted by molar-refractivity contribution is 5.80. The van der Waals surface area contributed by atoms with Crippen molar-refractivity contribution in [2.45, 2.75) is 25.7 Å². The molecule has 0 aliphatic rings. The van der Waals surface area contributed by atoms with Crippen molar-refractivity contribution in [2.75, 3.05) is 0 Å². The van der Waals surface area contributed by atoms with E-state index in [0.29, 0.717) is 25.5 Å². The lowest BCUT2D eigenvalue weighted by molar-refractivity contribution is -0.134. The largest absolute Gasteiger partial charge is 0.507 e. The second-order valence-corrected chi connectivity index (χ2v) is 3.72. The average Bonchev–Trinajstić information content (AvgIpc) is 2.37. The van der Waals surface area contributed by atoms with Crippen LogP contribution in [0.2, 0.25) is 0 Å². The number of unbranched alkanes of at least 4 members (excludes halogenated alkanes) is 2. The van der Waals surface area contributed by atoms with Crippen molar-refractivity contribution in [1.29, 1.82) is 0 Å². The number of ether oxygens (including phenoxy) is 1. The molecule has 0 amide bonds. The van der Waals surface area contributed by atoms with E-state index in [1.54, 1.807) is 0 Å². The molecule has 0 saturated carbocycles. The number of carbonyl (C=O) groups is 3. The van der Waals surface area contributed by atoms with Crippen LogP contribution in [-0.4, -0.2) is 23.6 Å². The summed E-state index contributed by atoms with van der Waals surface area (Å²) in [4.78, 5) is 32.0. The summed E-state index contributed by atoms with van der Waals surface area (Å²) in [5.74, 6) is -0.366. The number of hydrogen-bond acceptors (Lipinski definition) is 5. The molecular weight excluding hydrogens is 236 g/mol. The smallest absolute Gasteiger partial charge is 0.311 e. The van der Waals surface area contributed by atoms with Crippen LogP contribution < -0.4 is 4.74 Å². The van der Waals surface area contributed by atoms with Crippen LogP contribution in [0, 0.1) is 0 Å². The Bertz CT molecular complexity index is 439. The van der Waals surface area contributed by atoms with Gasteiger partial charge in [-0.3, -0.25) is 9.59 Å². The maximum Gasteiger partial charge on any atom is 0.311 e. The molecule has 1 aromatic rings. The van der Waals surface area contributed by atoms with Gasteiger partial charge in [0.15, 0.2) is 6.29 Å². The normalized spacial score (nSPS) is 9.78. The van der Waals surface area contributed by atoms with Gasteiger partial charge in [0.2, 0.25) is 0 Å². The van der Waals surface area contributed by atoms with Crippen molar-refractivity contribution in [3.63, 3.8) is 0 Å². The summed E-state index contributed by atoms with van der Waals surface area (Å²) in [6.07, 6.45) is 3.16. The fraction of sp³-hybridized carbons (Fsp3) is 0.308. The molecule has 0 bridgehead atoms. The average molecular weight is 250 g/mol. The van der Waals surface area contributed by atoms with Crippen LogP contribution in [-0.2, 0) is 9.59 Å². The van der Waals surface area contributed by atoms with Gasteiger partial charge in [0, 0.05) is 12.8 Å². The van der Waals surface area contributed by atoms with Crippen molar-refractivity contribution in [3.8, 4) is 11.5 Å². The summed E-state index contributed by atoms with van der Waals surface area (Å²) in [6, 6.07) is 4.00. The van der Waals surface area contributed by atoms with Crippen LogP contribution in [0.1, 0.15) is 36.0 Å². The minimum absolute atomic E-state index is 0.0706. The molecule has 0 fully saturated rings. The third-order valence-electron chi connectivity index (χ3n) is 2.31. The number of aromatic hydroxyl groups is 1. The van der Waals surface area contributed by atoms with Gasteiger partial charge in [-0.25, -0.2) is 0 Å². The summed E-state index contributed by atoms with van der Waals surface area (Å²) >= 11 is 0. The molecule has 1 rings (SSSR count). The lowest BCUT2D eigenvalue weighted by Crippen LogP contribution is -2.07. The summed E-state index contributed by atoms with van der Waals surface area (Å²) in [7, 11) is 0. The van der Waals surface area contributed by atoms with E-state index in [4.69, 9.17) is 4.74 Å². The molecular formula is C13H14O5. The summed E-state index contributed by atoms with van der Waals surface area (Å²) in [5, 5.41) is 9.26. The molecule has 96 valence electrons. The molecule has 1 aromatic carbocycles. The number of rotatable bonds is 7. The summed E-state index contributed by atoms with van der Waals surface area (Å²) in [6.45, 7) is 0. The first-order valence-corrected chi connectivity index (χ1v) is 5.60. The van der Waals surface area contributed by atoms with E-state index in [-0.39, 0.29) is 23.5 Å². The highest BCUT2D eigenvalue weighted by Gasteiger charge is 2.07. The molecule has 0 atom stereocenters. The highest BCUT2D eigenvalue weighted by Crippen LogP contribution is 2.21. The van der Waals surface area contributed by atoms with E-state index in [2.05, 4.69) is 0 Å². The van der Waals surface area contributed by atoms with E-state index in [1.807, 2.05) is 0 Å². The zero-order valence-corrected chi connectivity index (χ0v) is 9.80. The van der Waals surface area contributed by atoms with Gasteiger partial charge >= 0.3 is 5.97 Å². The molecule has 0 aliphatic heterocycles. The first kappa shape index (κ1) is 13.9. The molecule has 1 N–H and O–H groups in total. The van der Waals surface area contributed by atoms with Crippen LogP contribution in [0.4, 0.5) is 0 Å². The standard InChI is InChI=1S/C13H14O5/c14-7-3-1-2-4-13(17)18-11-5-6-12(16)10(8-11)9-15/h5-9,16H,1-4H2. The summed E-state index contributed by atoms with van der Waals surface area (Å²) in [5.41, 5.74) is 0.0706. The predicted molar refractivity (Wildman–Crippen MR) is 63.7 cm³/mol. The van der Waals surface area contributed by atoms with Crippen LogP contribution >= 0.6 is 0 Å². The first-order chi connectivity index (χ1) is 8.67. The number of aldehydes is 2. The molecule has 0 aromatic heterocycles. The van der Waals surface area contributed by atoms with E-state index in [0.717, 1.165) is 6.29 Å². The minimum Gasteiger partial charge on any atom is -0.507 e. The Morgan fingerprint density at radius 2 is 2.06 bits per heavy atom. The maximum atomic E-state index is 11.4. The van der Waals surface area contributed by atoms with E-state index in [1.165, 1.54) is 18.2 Å². The van der Waals surface area contributed by atoms with Crippen molar-refractivity contribution >= 4 is 18.5 Å². The molecule has 0 radical (unpaired) electrons. The van der Waals surface area contributed by atoms with Gasteiger partial charge in [0.1, 0.15) is 17.8 Å². The third-order valence-corrected chi connectivity index (χ3v) is 2.31. The highest BCUT2D eigenvalue weighted by atomic mass is 16.5. The molecule has 5 nitrogen and oxygen atoms in total. The fourth-order valence-corrected chi connectivity index (χ4v) is 1.37. The number of carbonyl (C=O) groups excluding carboxylic acids is 3. The zero-order chi connectivity index (χ0) is 13.4. The Kier molecular flexibility index (Phi) is 5.57. The minimum atomic E-state index is -0.427. The fourth-order valence-electron chi connectivity index (χ4n) is 1.37. The Labute approximate surface area is 104 Å². The van der Waals surface area contributed by atoms with Gasteiger partial charge in [0.05, 0.1) is 5.56 Å². The van der Waals surface area contributed by atoms with E-state index >= 15 is 0 Å². The Morgan fingerprint density at radius 3 is 2.72 bits per heavy atom.